The summed E-state index contributed by atoms with van der Waals surface area (Å²) in [4.78, 5) is 27.9. The van der Waals surface area contributed by atoms with Crippen molar-refractivity contribution in [2.24, 2.45) is 10.9 Å². The van der Waals surface area contributed by atoms with Crippen LogP contribution in [-0.4, -0.2) is 35.8 Å². The van der Waals surface area contributed by atoms with Gasteiger partial charge in [0.2, 0.25) is 0 Å². The molecule has 1 aliphatic rings. The highest BCUT2D eigenvalue weighted by atomic mass is 32.2. The lowest BCUT2D eigenvalue weighted by Gasteiger charge is -2.29. The molecule has 5 nitrogen and oxygen atoms in total. The van der Waals surface area contributed by atoms with E-state index in [-0.39, 0.29) is 5.82 Å². The number of esters is 1. The molecular formula is C16H19FN2O3S. The molecule has 2 amide bonds. The highest BCUT2D eigenvalue weighted by Crippen LogP contribution is 2.28. The second-order valence-corrected chi connectivity index (χ2v) is 6.47. The SMILES string of the molecule is CCSCCOC(=O)C1C(C)=NC(=O)NC1c1ccc(F)cc1. The number of hydrogen-bond acceptors (Lipinski definition) is 4. The van der Waals surface area contributed by atoms with Gasteiger partial charge in [0, 0.05) is 11.5 Å². The third-order valence-electron chi connectivity index (χ3n) is 3.50. The van der Waals surface area contributed by atoms with Crippen LogP contribution < -0.4 is 5.32 Å². The van der Waals surface area contributed by atoms with E-state index >= 15 is 0 Å². The lowest BCUT2D eigenvalue weighted by molar-refractivity contribution is -0.146. The van der Waals surface area contributed by atoms with Crippen LogP contribution in [0.1, 0.15) is 25.5 Å². The molecule has 2 atom stereocenters. The van der Waals surface area contributed by atoms with Crippen molar-refractivity contribution in [3.05, 3.63) is 35.6 Å². The summed E-state index contributed by atoms with van der Waals surface area (Å²) in [5.41, 5.74) is 1.04. The lowest BCUT2D eigenvalue weighted by atomic mass is 9.88. The van der Waals surface area contributed by atoms with Crippen LogP contribution in [0.2, 0.25) is 0 Å². The Labute approximate surface area is 138 Å². The van der Waals surface area contributed by atoms with Crippen molar-refractivity contribution >= 4 is 29.5 Å². The van der Waals surface area contributed by atoms with Crippen LogP contribution >= 0.6 is 11.8 Å². The van der Waals surface area contributed by atoms with Crippen molar-refractivity contribution in [3.8, 4) is 0 Å². The van der Waals surface area contributed by atoms with Crippen LogP contribution in [0.3, 0.4) is 0 Å². The number of carbonyl (C=O) groups excluding carboxylic acids is 2. The Bertz CT molecular complexity index is 604. The Kier molecular flexibility index (Phi) is 6.15. The second kappa shape index (κ2) is 8.10. The van der Waals surface area contributed by atoms with Gasteiger partial charge in [-0.1, -0.05) is 19.1 Å². The summed E-state index contributed by atoms with van der Waals surface area (Å²) in [7, 11) is 0. The minimum Gasteiger partial charge on any atom is -0.464 e. The van der Waals surface area contributed by atoms with Gasteiger partial charge in [0.1, 0.15) is 18.3 Å². The number of hydrogen-bond donors (Lipinski definition) is 1. The van der Waals surface area contributed by atoms with E-state index in [1.165, 1.54) is 12.1 Å². The Balaban J connectivity index is 2.17. The zero-order valence-electron chi connectivity index (χ0n) is 13.0. The minimum absolute atomic E-state index is 0.311. The first-order valence-corrected chi connectivity index (χ1v) is 8.54. The normalized spacial score (nSPS) is 20.7. The summed E-state index contributed by atoms with van der Waals surface area (Å²) in [6.07, 6.45) is 0. The zero-order valence-corrected chi connectivity index (χ0v) is 13.9. The van der Waals surface area contributed by atoms with Gasteiger partial charge in [0.05, 0.1) is 6.04 Å². The topological polar surface area (TPSA) is 67.8 Å². The molecule has 1 aromatic carbocycles. The second-order valence-electron chi connectivity index (χ2n) is 5.07. The van der Waals surface area contributed by atoms with E-state index in [0.717, 1.165) is 11.5 Å². The van der Waals surface area contributed by atoms with Crippen LogP contribution in [0.4, 0.5) is 9.18 Å². The molecule has 1 heterocycles. The highest BCUT2D eigenvalue weighted by molar-refractivity contribution is 7.99. The number of aliphatic imine (C=N–C) groups is 1. The average Bonchev–Trinajstić information content (AvgIpc) is 2.51. The number of halogens is 1. The Morgan fingerprint density at radius 3 is 2.74 bits per heavy atom. The van der Waals surface area contributed by atoms with Gasteiger partial charge in [-0.2, -0.15) is 11.8 Å². The van der Waals surface area contributed by atoms with Gasteiger partial charge in [-0.15, -0.1) is 0 Å². The first-order chi connectivity index (χ1) is 11.0. The van der Waals surface area contributed by atoms with Gasteiger partial charge in [0.15, 0.2) is 0 Å². The van der Waals surface area contributed by atoms with Gasteiger partial charge in [-0.3, -0.25) is 4.79 Å². The lowest BCUT2D eigenvalue weighted by Crippen LogP contribution is -2.44. The molecule has 0 bridgehead atoms. The molecule has 0 fully saturated rings. The Morgan fingerprint density at radius 1 is 1.39 bits per heavy atom. The molecule has 7 heteroatoms. The molecule has 1 aliphatic heterocycles. The van der Waals surface area contributed by atoms with E-state index in [4.69, 9.17) is 4.74 Å². The van der Waals surface area contributed by atoms with Crippen LogP contribution in [-0.2, 0) is 9.53 Å². The number of amides is 2. The van der Waals surface area contributed by atoms with E-state index in [1.54, 1.807) is 30.8 Å². The van der Waals surface area contributed by atoms with E-state index in [0.29, 0.717) is 17.9 Å². The molecule has 2 rings (SSSR count). The molecule has 0 saturated carbocycles. The number of nitrogens with one attached hydrogen (secondary N) is 1. The molecule has 2 unspecified atom stereocenters. The summed E-state index contributed by atoms with van der Waals surface area (Å²) in [5, 5.41) is 2.66. The first-order valence-electron chi connectivity index (χ1n) is 7.38. The molecule has 0 aliphatic carbocycles. The monoisotopic (exact) mass is 338 g/mol. The smallest absolute Gasteiger partial charge is 0.341 e. The molecule has 0 saturated heterocycles. The van der Waals surface area contributed by atoms with Crippen molar-refractivity contribution in [2.75, 3.05) is 18.1 Å². The van der Waals surface area contributed by atoms with Crippen molar-refractivity contribution in [2.45, 2.75) is 19.9 Å². The summed E-state index contributed by atoms with van der Waals surface area (Å²) in [5.74, 6) is 0.160. The molecule has 1 N–H and O–H groups in total. The summed E-state index contributed by atoms with van der Waals surface area (Å²) >= 11 is 1.68. The number of ether oxygens (including phenoxy) is 1. The molecule has 0 spiro atoms. The zero-order chi connectivity index (χ0) is 16.8. The minimum atomic E-state index is -0.704. The van der Waals surface area contributed by atoms with Gasteiger partial charge in [-0.05, 0) is 30.4 Å². The van der Waals surface area contributed by atoms with E-state index in [9.17, 15) is 14.0 Å². The Hall–Kier alpha value is -1.89. The van der Waals surface area contributed by atoms with Gasteiger partial charge in [-0.25, -0.2) is 14.2 Å². The fourth-order valence-electron chi connectivity index (χ4n) is 2.41. The van der Waals surface area contributed by atoms with Crippen molar-refractivity contribution < 1.29 is 18.7 Å². The summed E-state index contributed by atoms with van der Waals surface area (Å²) in [6.45, 7) is 3.97. The average molecular weight is 338 g/mol. The number of rotatable bonds is 6. The fraction of sp³-hybridized carbons (Fsp3) is 0.438. The fourth-order valence-corrected chi connectivity index (χ4v) is 2.90. The van der Waals surface area contributed by atoms with Crippen LogP contribution in [0, 0.1) is 11.7 Å². The third kappa shape index (κ3) is 4.54. The number of benzene rings is 1. The standard InChI is InChI=1S/C16H19FN2O3S/c1-3-23-9-8-22-15(20)13-10(2)18-16(21)19-14(13)11-4-6-12(17)7-5-11/h4-7,13-14H,3,8-9H2,1-2H3,(H,19,21). The molecule has 0 radical (unpaired) electrons. The molecule has 1 aromatic rings. The van der Waals surface area contributed by atoms with Gasteiger partial charge >= 0.3 is 12.0 Å². The number of nitrogens with zero attached hydrogens (tertiary/aromatic N) is 1. The molecular weight excluding hydrogens is 319 g/mol. The molecule has 0 aromatic heterocycles. The largest absolute Gasteiger partial charge is 0.464 e. The number of urea groups is 1. The van der Waals surface area contributed by atoms with Gasteiger partial charge < -0.3 is 10.1 Å². The molecule has 124 valence electrons. The quantitative estimate of drug-likeness (QED) is 0.640. The first kappa shape index (κ1) is 17.5. The van der Waals surface area contributed by atoms with Crippen LogP contribution in [0.5, 0.6) is 0 Å². The number of thioether (sulfide) groups is 1. The van der Waals surface area contributed by atoms with Crippen LogP contribution in [0.25, 0.3) is 0 Å². The Morgan fingerprint density at radius 2 is 2.09 bits per heavy atom. The predicted octanol–water partition coefficient (Wildman–Crippen LogP) is 2.96. The van der Waals surface area contributed by atoms with Gasteiger partial charge in [0.25, 0.3) is 0 Å². The maximum Gasteiger partial charge on any atom is 0.341 e. The predicted molar refractivity (Wildman–Crippen MR) is 88.2 cm³/mol. The van der Waals surface area contributed by atoms with Crippen molar-refractivity contribution in [1.82, 2.24) is 5.32 Å². The van der Waals surface area contributed by atoms with E-state index < -0.39 is 24.0 Å². The van der Waals surface area contributed by atoms with Crippen LogP contribution in [0.15, 0.2) is 29.3 Å². The maximum absolute atomic E-state index is 13.1. The summed E-state index contributed by atoms with van der Waals surface area (Å²) in [6, 6.07) is 4.57. The van der Waals surface area contributed by atoms with E-state index in [1.807, 2.05) is 6.92 Å². The van der Waals surface area contributed by atoms with E-state index in [2.05, 4.69) is 10.3 Å². The number of carbonyl (C=O) groups is 2. The molecule has 23 heavy (non-hydrogen) atoms. The van der Waals surface area contributed by atoms with Crippen molar-refractivity contribution in [1.29, 1.82) is 0 Å². The highest BCUT2D eigenvalue weighted by Gasteiger charge is 2.37. The van der Waals surface area contributed by atoms with Crippen molar-refractivity contribution in [3.63, 3.8) is 0 Å². The third-order valence-corrected chi connectivity index (χ3v) is 4.36. The maximum atomic E-state index is 13.1. The summed E-state index contributed by atoms with van der Waals surface area (Å²) < 4.78 is 18.4.